The van der Waals surface area contributed by atoms with Crippen molar-refractivity contribution >= 4 is 5.91 Å². The molecule has 2 aliphatic rings. The van der Waals surface area contributed by atoms with Crippen molar-refractivity contribution in [2.45, 2.75) is 30.7 Å². The van der Waals surface area contributed by atoms with Crippen LogP contribution in [0.15, 0.2) is 30.3 Å². The first kappa shape index (κ1) is 14.5. The lowest BCUT2D eigenvalue weighted by molar-refractivity contribution is -0.133. The minimum absolute atomic E-state index is 0.0150. The van der Waals surface area contributed by atoms with Gasteiger partial charge in [-0.05, 0) is 37.9 Å². The van der Waals surface area contributed by atoms with Crippen LogP contribution in [0.1, 0.15) is 30.7 Å². The lowest BCUT2D eigenvalue weighted by Crippen LogP contribution is -2.53. The molecule has 3 rings (SSSR count). The average molecular weight is 288 g/mol. The molecule has 1 N–H and O–H groups in total. The van der Waals surface area contributed by atoms with Crippen LogP contribution in [0.2, 0.25) is 0 Å². The Balaban J connectivity index is 1.87. The van der Waals surface area contributed by atoms with Gasteiger partial charge in [-0.1, -0.05) is 30.3 Å². The normalized spacial score (nSPS) is 24.7. The second kappa shape index (κ2) is 6.16. The zero-order valence-electron chi connectivity index (χ0n) is 12.7. The molecule has 0 radical (unpaired) electrons. The molecule has 4 heteroatoms. The number of hydrogen-bond donors (Lipinski definition) is 1. The Labute approximate surface area is 126 Å². The fourth-order valence-corrected chi connectivity index (χ4v) is 3.84. The lowest BCUT2D eigenvalue weighted by atomic mass is 9.82. The number of piperidine rings is 1. The quantitative estimate of drug-likeness (QED) is 0.918. The van der Waals surface area contributed by atoms with Crippen LogP contribution in [0, 0.1) is 0 Å². The number of amides is 1. The summed E-state index contributed by atoms with van der Waals surface area (Å²) in [6.07, 6.45) is 3.04. The summed E-state index contributed by atoms with van der Waals surface area (Å²) in [5, 5.41) is 3.41. The van der Waals surface area contributed by atoms with Gasteiger partial charge < -0.3 is 15.0 Å². The molecule has 0 saturated carbocycles. The van der Waals surface area contributed by atoms with Gasteiger partial charge in [0.15, 0.2) is 0 Å². The molecule has 2 saturated heterocycles. The van der Waals surface area contributed by atoms with Gasteiger partial charge >= 0.3 is 0 Å². The molecule has 0 unspecified atom stereocenters. The monoisotopic (exact) mass is 288 g/mol. The number of benzene rings is 1. The van der Waals surface area contributed by atoms with Crippen LogP contribution in [-0.2, 0) is 9.53 Å². The third kappa shape index (κ3) is 2.70. The van der Waals surface area contributed by atoms with Crippen molar-refractivity contribution in [1.29, 1.82) is 0 Å². The van der Waals surface area contributed by atoms with Crippen LogP contribution in [-0.4, -0.2) is 49.7 Å². The number of hydrogen-bond acceptors (Lipinski definition) is 3. The summed E-state index contributed by atoms with van der Waals surface area (Å²) in [5.41, 5.74) is 1.18. The predicted octanol–water partition coefficient (Wildman–Crippen LogP) is 1.77. The van der Waals surface area contributed by atoms with Crippen molar-refractivity contribution in [1.82, 2.24) is 10.2 Å². The highest BCUT2D eigenvalue weighted by Crippen LogP contribution is 2.44. The topological polar surface area (TPSA) is 41.6 Å². The van der Waals surface area contributed by atoms with Crippen LogP contribution in [0.25, 0.3) is 0 Å². The number of nitrogens with one attached hydrogen (secondary N) is 1. The van der Waals surface area contributed by atoms with Gasteiger partial charge in [-0.2, -0.15) is 0 Å². The summed E-state index contributed by atoms with van der Waals surface area (Å²) < 4.78 is 5.22. The number of likely N-dealkylation sites (tertiary alicyclic amines) is 1. The fraction of sp³-hybridized carbons (Fsp3) is 0.588. The Kier molecular flexibility index (Phi) is 4.27. The maximum Gasteiger partial charge on any atom is 0.230 e. The number of carbonyl (C=O) groups is 1. The smallest absolute Gasteiger partial charge is 0.230 e. The van der Waals surface area contributed by atoms with E-state index in [9.17, 15) is 4.79 Å². The number of carbonyl (C=O) groups excluding carboxylic acids is 1. The summed E-state index contributed by atoms with van der Waals surface area (Å²) in [6.45, 7) is 3.32. The molecule has 2 heterocycles. The molecule has 21 heavy (non-hydrogen) atoms. The van der Waals surface area contributed by atoms with Gasteiger partial charge in [0.05, 0.1) is 12.5 Å². The Morgan fingerprint density at radius 2 is 2.00 bits per heavy atom. The molecular formula is C17H24N2O2. The minimum atomic E-state index is 0.0150. The molecule has 2 fully saturated rings. The van der Waals surface area contributed by atoms with Crippen LogP contribution in [0.4, 0.5) is 0 Å². The van der Waals surface area contributed by atoms with E-state index in [-0.39, 0.29) is 17.4 Å². The van der Waals surface area contributed by atoms with Crippen molar-refractivity contribution in [3.63, 3.8) is 0 Å². The van der Waals surface area contributed by atoms with Gasteiger partial charge in [-0.25, -0.2) is 0 Å². The third-order valence-electron chi connectivity index (χ3n) is 4.98. The van der Waals surface area contributed by atoms with E-state index in [1.165, 1.54) is 0 Å². The first-order valence-corrected chi connectivity index (χ1v) is 7.83. The van der Waals surface area contributed by atoms with E-state index in [0.717, 1.165) is 37.9 Å². The van der Waals surface area contributed by atoms with Gasteiger partial charge in [0.1, 0.15) is 0 Å². The molecule has 0 bridgehead atoms. The minimum Gasteiger partial charge on any atom is -0.383 e. The molecule has 1 atom stereocenters. The van der Waals surface area contributed by atoms with Gasteiger partial charge in [-0.15, -0.1) is 0 Å². The highest BCUT2D eigenvalue weighted by molar-refractivity contribution is 5.87. The number of methoxy groups -OCH3 is 1. The largest absolute Gasteiger partial charge is 0.383 e. The van der Waals surface area contributed by atoms with Gasteiger partial charge in [0.2, 0.25) is 5.91 Å². The van der Waals surface area contributed by atoms with Crippen LogP contribution in [0.5, 0.6) is 0 Å². The summed E-state index contributed by atoms with van der Waals surface area (Å²) in [4.78, 5) is 15.0. The standard InChI is InChI=1S/C17H24N2O2/c1-21-12-11-19-16(20)15(14-5-3-2-4-6-14)13-17(19)7-9-18-10-8-17/h2-6,15,18H,7-13H2,1H3/t15-/m0/s1. The van der Waals surface area contributed by atoms with Crippen molar-refractivity contribution in [3.05, 3.63) is 35.9 Å². The molecule has 4 nitrogen and oxygen atoms in total. The van der Waals surface area contributed by atoms with E-state index in [1.807, 2.05) is 18.2 Å². The number of ether oxygens (including phenoxy) is 1. The summed E-state index contributed by atoms with van der Waals surface area (Å²) >= 11 is 0. The first-order valence-electron chi connectivity index (χ1n) is 7.83. The van der Waals surface area contributed by atoms with Gasteiger partial charge in [-0.3, -0.25) is 4.79 Å². The molecule has 0 aromatic heterocycles. The highest BCUT2D eigenvalue weighted by Gasteiger charge is 2.50. The van der Waals surface area contributed by atoms with Gasteiger partial charge in [0.25, 0.3) is 0 Å². The maximum atomic E-state index is 12.9. The van der Waals surface area contributed by atoms with E-state index in [2.05, 4.69) is 22.3 Å². The third-order valence-corrected chi connectivity index (χ3v) is 4.98. The Hall–Kier alpha value is -1.39. The average Bonchev–Trinajstić information content (AvgIpc) is 2.79. The van der Waals surface area contributed by atoms with Crippen molar-refractivity contribution < 1.29 is 9.53 Å². The van der Waals surface area contributed by atoms with Crippen LogP contribution >= 0.6 is 0 Å². The molecule has 1 spiro atoms. The highest BCUT2D eigenvalue weighted by atomic mass is 16.5. The Bertz CT molecular complexity index is 483. The zero-order valence-corrected chi connectivity index (χ0v) is 12.7. The summed E-state index contributed by atoms with van der Waals surface area (Å²) in [6, 6.07) is 10.2. The number of nitrogens with zero attached hydrogens (tertiary/aromatic N) is 1. The van der Waals surface area contributed by atoms with E-state index in [1.54, 1.807) is 7.11 Å². The predicted molar refractivity (Wildman–Crippen MR) is 82.2 cm³/mol. The van der Waals surface area contributed by atoms with E-state index in [0.29, 0.717) is 13.2 Å². The zero-order chi connectivity index (χ0) is 14.7. The Morgan fingerprint density at radius 1 is 1.29 bits per heavy atom. The molecule has 2 aliphatic heterocycles. The molecule has 1 aromatic rings. The van der Waals surface area contributed by atoms with E-state index in [4.69, 9.17) is 4.74 Å². The van der Waals surface area contributed by atoms with Gasteiger partial charge in [0, 0.05) is 19.2 Å². The van der Waals surface area contributed by atoms with Crippen LogP contribution in [0.3, 0.4) is 0 Å². The lowest BCUT2D eigenvalue weighted by Gasteiger charge is -2.41. The molecule has 0 aliphatic carbocycles. The molecule has 1 aromatic carbocycles. The first-order chi connectivity index (χ1) is 10.3. The maximum absolute atomic E-state index is 12.9. The summed E-state index contributed by atoms with van der Waals surface area (Å²) in [7, 11) is 1.70. The fourth-order valence-electron chi connectivity index (χ4n) is 3.84. The van der Waals surface area contributed by atoms with E-state index >= 15 is 0 Å². The summed E-state index contributed by atoms with van der Waals surface area (Å²) in [5.74, 6) is 0.293. The second-order valence-corrected chi connectivity index (χ2v) is 6.12. The SMILES string of the molecule is COCCN1C(=O)[C@H](c2ccccc2)CC12CCNCC2. The molecule has 1 amide bonds. The second-order valence-electron chi connectivity index (χ2n) is 6.12. The van der Waals surface area contributed by atoms with E-state index < -0.39 is 0 Å². The van der Waals surface area contributed by atoms with Crippen molar-refractivity contribution in [3.8, 4) is 0 Å². The number of rotatable bonds is 4. The molecular weight excluding hydrogens is 264 g/mol. The van der Waals surface area contributed by atoms with Crippen LogP contribution < -0.4 is 5.32 Å². The van der Waals surface area contributed by atoms with Crippen molar-refractivity contribution in [2.24, 2.45) is 0 Å². The van der Waals surface area contributed by atoms with Crippen molar-refractivity contribution in [2.75, 3.05) is 33.4 Å². The molecule has 114 valence electrons. The Morgan fingerprint density at radius 3 is 2.67 bits per heavy atom.